The number of fused-ring (bicyclic) bond motifs is 2. The lowest BCUT2D eigenvalue weighted by molar-refractivity contribution is -0.172. The van der Waals surface area contributed by atoms with Gasteiger partial charge in [-0.2, -0.15) is 0 Å². The molecule has 1 saturated carbocycles. The average Bonchev–Trinajstić information content (AvgIpc) is 3.03. The van der Waals surface area contributed by atoms with Gasteiger partial charge in [-0.15, -0.1) is 0 Å². The van der Waals surface area contributed by atoms with E-state index in [1.54, 1.807) is 12.1 Å². The number of carbonyl (C=O) groups is 3. The highest BCUT2D eigenvalue weighted by molar-refractivity contribution is 6.09. The van der Waals surface area contributed by atoms with Crippen LogP contribution in [0, 0.1) is 16.7 Å². The molecule has 0 spiro atoms. The van der Waals surface area contributed by atoms with Crippen LogP contribution in [0.2, 0.25) is 0 Å². The van der Waals surface area contributed by atoms with Gasteiger partial charge in [0, 0.05) is 18.0 Å². The number of hydrogen-bond donors (Lipinski definition) is 1. The zero-order valence-electron chi connectivity index (χ0n) is 21.2. The number of likely N-dealkylation sites (tertiary alicyclic amines) is 1. The van der Waals surface area contributed by atoms with E-state index in [0.717, 1.165) is 24.2 Å². The number of unbranched alkanes of at least 4 members (excludes halogenated alkanes) is 1. The summed E-state index contributed by atoms with van der Waals surface area (Å²) in [5, 5.41) is 2.94. The van der Waals surface area contributed by atoms with Crippen LogP contribution in [0.5, 0.6) is 5.75 Å². The number of piperidine rings is 1. The van der Waals surface area contributed by atoms with E-state index in [4.69, 9.17) is 4.74 Å². The summed E-state index contributed by atoms with van der Waals surface area (Å²) >= 11 is 0. The SMILES string of the molecule is CCCCOc1ccc(NC(=O)C(Cc2ccccc2)N2C(=O)C3CCC(C)(C2=O)C3(C)C)cc1. The topological polar surface area (TPSA) is 75.7 Å². The van der Waals surface area contributed by atoms with Crippen molar-refractivity contribution in [3.8, 4) is 5.75 Å². The summed E-state index contributed by atoms with van der Waals surface area (Å²) in [5.41, 5.74) is 0.398. The standard InChI is InChI=1S/C29H36N2O4/c1-5-6-18-35-22-14-12-21(13-15-22)30-25(32)24(19-20-10-8-7-9-11-20)31-26(33)23-16-17-29(4,27(31)34)28(23,2)3/h7-15,23-24H,5-6,16-19H2,1-4H3,(H,30,32). The Morgan fingerprint density at radius 1 is 1.09 bits per heavy atom. The third-order valence-corrected chi connectivity index (χ3v) is 8.23. The first-order valence-electron chi connectivity index (χ1n) is 12.6. The monoisotopic (exact) mass is 476 g/mol. The molecular weight excluding hydrogens is 440 g/mol. The summed E-state index contributed by atoms with van der Waals surface area (Å²) in [6.45, 7) is 8.72. The highest BCUT2D eigenvalue weighted by Crippen LogP contribution is 2.60. The molecule has 1 N–H and O–H groups in total. The Bertz CT molecular complexity index is 1080. The van der Waals surface area contributed by atoms with Gasteiger partial charge >= 0.3 is 0 Å². The number of imide groups is 1. The summed E-state index contributed by atoms with van der Waals surface area (Å²) in [5.74, 6) is -0.359. The summed E-state index contributed by atoms with van der Waals surface area (Å²) < 4.78 is 5.71. The lowest BCUT2D eigenvalue weighted by Crippen LogP contribution is -2.64. The molecule has 2 aromatic carbocycles. The molecule has 2 bridgehead atoms. The second-order valence-electron chi connectivity index (χ2n) is 10.6. The maximum absolute atomic E-state index is 13.8. The number of ether oxygens (including phenoxy) is 1. The smallest absolute Gasteiger partial charge is 0.248 e. The number of carbonyl (C=O) groups excluding carboxylic acids is 3. The third kappa shape index (κ3) is 4.58. The van der Waals surface area contributed by atoms with Crippen LogP contribution in [0.3, 0.4) is 0 Å². The molecule has 0 radical (unpaired) electrons. The quantitative estimate of drug-likeness (QED) is 0.397. The second-order valence-corrected chi connectivity index (χ2v) is 10.6. The molecule has 4 rings (SSSR count). The maximum atomic E-state index is 13.8. The molecule has 1 aliphatic carbocycles. The van der Waals surface area contributed by atoms with Gasteiger partial charge in [-0.25, -0.2) is 0 Å². The molecule has 0 aromatic heterocycles. The molecular formula is C29H36N2O4. The number of nitrogens with one attached hydrogen (secondary N) is 1. The van der Waals surface area contributed by atoms with Gasteiger partial charge in [-0.1, -0.05) is 64.4 Å². The summed E-state index contributed by atoms with van der Waals surface area (Å²) in [7, 11) is 0. The molecule has 2 fully saturated rings. The Morgan fingerprint density at radius 3 is 2.43 bits per heavy atom. The van der Waals surface area contributed by atoms with Gasteiger partial charge in [0.05, 0.1) is 12.0 Å². The van der Waals surface area contributed by atoms with Crippen LogP contribution in [0.4, 0.5) is 5.69 Å². The predicted octanol–water partition coefficient (Wildman–Crippen LogP) is 5.23. The maximum Gasteiger partial charge on any atom is 0.248 e. The van der Waals surface area contributed by atoms with Gasteiger partial charge in [0.25, 0.3) is 0 Å². The van der Waals surface area contributed by atoms with Gasteiger partial charge in [0.15, 0.2) is 0 Å². The molecule has 3 atom stereocenters. The van der Waals surface area contributed by atoms with E-state index >= 15 is 0 Å². The van der Waals surface area contributed by atoms with Gasteiger partial charge in [0.2, 0.25) is 17.7 Å². The van der Waals surface area contributed by atoms with E-state index < -0.39 is 16.9 Å². The second kappa shape index (κ2) is 9.84. The van der Waals surface area contributed by atoms with E-state index in [2.05, 4.69) is 12.2 Å². The van der Waals surface area contributed by atoms with Gasteiger partial charge < -0.3 is 10.1 Å². The van der Waals surface area contributed by atoms with Crippen molar-refractivity contribution in [1.82, 2.24) is 4.90 Å². The molecule has 1 heterocycles. The van der Waals surface area contributed by atoms with Crippen molar-refractivity contribution >= 4 is 23.4 Å². The van der Waals surface area contributed by atoms with E-state index in [-0.39, 0.29) is 30.1 Å². The molecule has 1 aliphatic heterocycles. The largest absolute Gasteiger partial charge is 0.494 e. The van der Waals surface area contributed by atoms with Crippen molar-refractivity contribution in [3.05, 3.63) is 60.2 Å². The molecule has 186 valence electrons. The van der Waals surface area contributed by atoms with Crippen LogP contribution in [-0.2, 0) is 20.8 Å². The Hall–Kier alpha value is -3.15. The van der Waals surface area contributed by atoms with Crippen molar-refractivity contribution in [1.29, 1.82) is 0 Å². The van der Waals surface area contributed by atoms with Gasteiger partial charge in [-0.3, -0.25) is 19.3 Å². The van der Waals surface area contributed by atoms with Crippen LogP contribution in [0.15, 0.2) is 54.6 Å². The third-order valence-electron chi connectivity index (χ3n) is 8.23. The van der Waals surface area contributed by atoms with Crippen LogP contribution in [0.25, 0.3) is 0 Å². The molecule has 1 saturated heterocycles. The van der Waals surface area contributed by atoms with Crippen molar-refractivity contribution in [2.75, 3.05) is 11.9 Å². The number of rotatable bonds is 9. The number of nitrogens with zero attached hydrogens (tertiary/aromatic N) is 1. The molecule has 2 aliphatic rings. The fourth-order valence-corrected chi connectivity index (χ4v) is 5.48. The lowest BCUT2D eigenvalue weighted by Gasteiger charge is -2.49. The molecule has 2 aromatic rings. The first-order valence-corrected chi connectivity index (χ1v) is 12.6. The number of benzene rings is 2. The van der Waals surface area contributed by atoms with Crippen LogP contribution in [0.1, 0.15) is 58.9 Å². The minimum absolute atomic E-state index is 0.231. The van der Waals surface area contributed by atoms with E-state index in [9.17, 15) is 14.4 Å². The summed E-state index contributed by atoms with van der Waals surface area (Å²) in [6.07, 6.45) is 3.64. The highest BCUT2D eigenvalue weighted by atomic mass is 16.5. The van der Waals surface area contributed by atoms with Crippen molar-refractivity contribution in [2.24, 2.45) is 16.7 Å². The minimum Gasteiger partial charge on any atom is -0.494 e. The molecule has 6 heteroatoms. The Kier molecular flexibility index (Phi) is 7.02. The van der Waals surface area contributed by atoms with E-state index in [1.165, 1.54) is 4.90 Å². The van der Waals surface area contributed by atoms with Crippen molar-refractivity contribution < 1.29 is 19.1 Å². The molecule has 3 amide bonds. The van der Waals surface area contributed by atoms with Crippen molar-refractivity contribution in [3.63, 3.8) is 0 Å². The number of anilines is 1. The van der Waals surface area contributed by atoms with Crippen LogP contribution in [-0.4, -0.2) is 35.3 Å². The Labute approximate surface area is 208 Å². The van der Waals surface area contributed by atoms with Crippen LogP contribution < -0.4 is 10.1 Å². The van der Waals surface area contributed by atoms with E-state index in [0.29, 0.717) is 25.1 Å². The normalized spacial score (nSPS) is 23.8. The molecule has 3 unspecified atom stereocenters. The van der Waals surface area contributed by atoms with E-state index in [1.807, 2.05) is 63.2 Å². The number of amides is 3. The zero-order valence-corrected chi connectivity index (χ0v) is 21.2. The summed E-state index contributed by atoms with van der Waals surface area (Å²) in [4.78, 5) is 42.3. The minimum atomic E-state index is -0.922. The lowest BCUT2D eigenvalue weighted by atomic mass is 9.62. The fourth-order valence-electron chi connectivity index (χ4n) is 5.48. The van der Waals surface area contributed by atoms with Gasteiger partial charge in [0.1, 0.15) is 11.8 Å². The van der Waals surface area contributed by atoms with Crippen molar-refractivity contribution in [2.45, 2.75) is 65.8 Å². The predicted molar refractivity (Wildman–Crippen MR) is 136 cm³/mol. The van der Waals surface area contributed by atoms with Gasteiger partial charge in [-0.05, 0) is 54.5 Å². The molecule has 6 nitrogen and oxygen atoms in total. The highest BCUT2D eigenvalue weighted by Gasteiger charge is 2.65. The first-order chi connectivity index (χ1) is 16.7. The molecule has 35 heavy (non-hydrogen) atoms. The Balaban J connectivity index is 1.59. The first kappa shape index (κ1) is 25.0. The zero-order chi connectivity index (χ0) is 25.2. The fraction of sp³-hybridized carbons (Fsp3) is 0.483. The average molecular weight is 477 g/mol. The summed E-state index contributed by atoms with van der Waals surface area (Å²) in [6, 6.07) is 15.8. The number of hydrogen-bond acceptors (Lipinski definition) is 4. The Morgan fingerprint density at radius 2 is 1.77 bits per heavy atom. The van der Waals surface area contributed by atoms with Crippen LogP contribution >= 0.6 is 0 Å².